The van der Waals surface area contributed by atoms with Crippen LogP contribution in [-0.2, 0) is 13.1 Å². The molecule has 0 atom stereocenters. The van der Waals surface area contributed by atoms with Crippen LogP contribution in [0.4, 0.5) is 0 Å². The summed E-state index contributed by atoms with van der Waals surface area (Å²) in [6.45, 7) is 12.7. The molecule has 0 saturated heterocycles. The Labute approximate surface area is 273 Å². The lowest BCUT2D eigenvalue weighted by Crippen LogP contribution is -2.07. The van der Waals surface area contributed by atoms with Crippen molar-refractivity contribution in [3.05, 3.63) is 72.3 Å². The van der Waals surface area contributed by atoms with Crippen molar-refractivity contribution in [1.82, 2.24) is 19.1 Å². The molecule has 246 valence electrons. The predicted octanol–water partition coefficient (Wildman–Crippen LogP) is 9.20. The molecule has 5 rings (SSSR count). The van der Waals surface area contributed by atoms with E-state index in [0.29, 0.717) is 39.5 Å². The summed E-state index contributed by atoms with van der Waals surface area (Å²) < 4.78 is 29.1. The average Bonchev–Trinajstić information content (AvgIpc) is 3.65. The Morgan fingerprint density at radius 2 is 0.848 bits per heavy atom. The molecule has 0 saturated carbocycles. The molecular formula is C38H50N4O4. The zero-order valence-corrected chi connectivity index (χ0v) is 28.1. The van der Waals surface area contributed by atoms with Crippen molar-refractivity contribution in [2.45, 2.75) is 92.2 Å². The fourth-order valence-corrected chi connectivity index (χ4v) is 5.37. The van der Waals surface area contributed by atoms with Gasteiger partial charge < -0.3 is 28.1 Å². The lowest BCUT2D eigenvalue weighted by molar-refractivity contribution is 0.262. The Kier molecular flexibility index (Phi) is 12.2. The highest BCUT2D eigenvalue weighted by Crippen LogP contribution is 2.35. The Balaban J connectivity index is 1.41. The molecule has 0 aliphatic rings. The molecule has 0 fully saturated rings. The van der Waals surface area contributed by atoms with Gasteiger partial charge in [-0.15, -0.1) is 0 Å². The van der Waals surface area contributed by atoms with Gasteiger partial charge in [-0.25, -0.2) is 9.97 Å². The van der Waals surface area contributed by atoms with Crippen molar-refractivity contribution in [1.29, 1.82) is 0 Å². The molecule has 0 bridgehead atoms. The van der Waals surface area contributed by atoms with E-state index in [9.17, 15) is 0 Å². The van der Waals surface area contributed by atoms with E-state index >= 15 is 0 Å². The van der Waals surface area contributed by atoms with E-state index in [1.165, 1.54) is 11.1 Å². The van der Waals surface area contributed by atoms with Gasteiger partial charge in [0.15, 0.2) is 23.0 Å². The van der Waals surface area contributed by atoms with Crippen LogP contribution in [0, 0.1) is 0 Å². The van der Waals surface area contributed by atoms with Gasteiger partial charge in [0.05, 0.1) is 61.1 Å². The Morgan fingerprint density at radius 1 is 0.500 bits per heavy atom. The van der Waals surface area contributed by atoms with Crippen molar-refractivity contribution in [2.75, 3.05) is 26.4 Å². The van der Waals surface area contributed by atoms with Crippen molar-refractivity contribution in [3.63, 3.8) is 0 Å². The molecule has 0 radical (unpaired) electrons. The van der Waals surface area contributed by atoms with Gasteiger partial charge in [0.25, 0.3) is 0 Å². The van der Waals surface area contributed by atoms with E-state index in [-0.39, 0.29) is 0 Å². The molecule has 8 nitrogen and oxygen atoms in total. The molecule has 46 heavy (non-hydrogen) atoms. The van der Waals surface area contributed by atoms with E-state index in [1.807, 2.05) is 24.8 Å². The minimum absolute atomic E-state index is 0.666. The van der Waals surface area contributed by atoms with Crippen LogP contribution in [0.2, 0.25) is 0 Å². The number of nitrogens with zero attached hydrogens (tertiary/aromatic N) is 4. The number of unbranched alkanes of at least 4 members (excludes halogenated alkanes) is 4. The monoisotopic (exact) mass is 626 g/mol. The fraction of sp³-hybridized carbons (Fsp3) is 0.474. The maximum Gasteiger partial charge on any atom is 0.163 e. The lowest BCUT2D eigenvalue weighted by Gasteiger charge is -2.15. The Morgan fingerprint density at radius 3 is 1.20 bits per heavy atom. The van der Waals surface area contributed by atoms with Crippen LogP contribution in [0.1, 0.15) is 90.2 Å². The van der Waals surface area contributed by atoms with Crippen molar-refractivity contribution in [3.8, 4) is 23.0 Å². The van der Waals surface area contributed by atoms with Crippen molar-refractivity contribution in [2.24, 2.45) is 0 Å². The van der Waals surface area contributed by atoms with Crippen LogP contribution in [0.3, 0.4) is 0 Å². The largest absolute Gasteiger partial charge is 0.490 e. The first-order chi connectivity index (χ1) is 22.6. The second kappa shape index (κ2) is 16.9. The fourth-order valence-electron chi connectivity index (χ4n) is 5.37. The highest BCUT2D eigenvalue weighted by atomic mass is 16.5. The molecule has 3 aromatic carbocycles. The highest BCUT2D eigenvalue weighted by molar-refractivity contribution is 5.81. The summed E-state index contributed by atoms with van der Waals surface area (Å²) in [7, 11) is 0. The summed E-state index contributed by atoms with van der Waals surface area (Å²) >= 11 is 0. The van der Waals surface area contributed by atoms with Gasteiger partial charge >= 0.3 is 0 Å². The van der Waals surface area contributed by atoms with Crippen LogP contribution in [-0.4, -0.2) is 45.5 Å². The van der Waals surface area contributed by atoms with Crippen LogP contribution >= 0.6 is 0 Å². The number of hydrogen-bond donors (Lipinski definition) is 0. The number of benzene rings is 3. The molecule has 2 heterocycles. The maximum absolute atomic E-state index is 6.21. The summed E-state index contributed by atoms with van der Waals surface area (Å²) in [5, 5.41) is 0. The first-order valence-electron chi connectivity index (χ1n) is 17.2. The molecule has 0 aliphatic carbocycles. The van der Waals surface area contributed by atoms with Crippen LogP contribution in [0.15, 0.2) is 61.2 Å². The number of aromatic nitrogens is 4. The third-order valence-electron chi connectivity index (χ3n) is 8.19. The van der Waals surface area contributed by atoms with E-state index in [2.05, 4.69) is 73.2 Å². The number of fused-ring (bicyclic) bond motifs is 2. The zero-order valence-electron chi connectivity index (χ0n) is 28.1. The molecule has 0 amide bonds. The van der Waals surface area contributed by atoms with E-state index in [1.54, 1.807) is 0 Å². The number of ether oxygens (including phenoxy) is 4. The molecule has 0 aliphatic heterocycles. The predicted molar refractivity (Wildman–Crippen MR) is 186 cm³/mol. The average molecular weight is 627 g/mol. The number of hydrogen-bond acceptors (Lipinski definition) is 6. The summed E-state index contributed by atoms with van der Waals surface area (Å²) in [5.41, 5.74) is 6.31. The van der Waals surface area contributed by atoms with Crippen molar-refractivity contribution < 1.29 is 18.9 Å². The van der Waals surface area contributed by atoms with Crippen LogP contribution in [0.25, 0.3) is 22.1 Å². The summed E-state index contributed by atoms with van der Waals surface area (Å²) in [4.78, 5) is 9.50. The van der Waals surface area contributed by atoms with Crippen LogP contribution in [0.5, 0.6) is 23.0 Å². The first-order valence-corrected chi connectivity index (χ1v) is 17.2. The normalized spacial score (nSPS) is 11.4. The Bertz CT molecular complexity index is 1550. The molecule has 5 aromatic rings. The minimum Gasteiger partial charge on any atom is -0.490 e. The minimum atomic E-state index is 0.666. The highest BCUT2D eigenvalue weighted by Gasteiger charge is 2.16. The van der Waals surface area contributed by atoms with Crippen molar-refractivity contribution >= 4 is 22.1 Å². The van der Waals surface area contributed by atoms with E-state index in [0.717, 1.165) is 96.4 Å². The quantitative estimate of drug-likeness (QED) is 0.0802. The SMILES string of the molecule is CCCCOc1cc2ncn(Cc3ccccc3Cn3cnc4cc(OCCCC)c(OCCCC)cc43)c2cc1OCCCC. The van der Waals surface area contributed by atoms with E-state index in [4.69, 9.17) is 28.9 Å². The Hall–Kier alpha value is -4.20. The van der Waals surface area contributed by atoms with Gasteiger partial charge in [0, 0.05) is 37.4 Å². The van der Waals surface area contributed by atoms with E-state index < -0.39 is 0 Å². The lowest BCUT2D eigenvalue weighted by atomic mass is 10.1. The number of imidazole rings is 2. The van der Waals surface area contributed by atoms with Gasteiger partial charge in [0.2, 0.25) is 0 Å². The molecular weight excluding hydrogens is 576 g/mol. The molecule has 0 spiro atoms. The molecule has 8 heteroatoms. The summed E-state index contributed by atoms with van der Waals surface area (Å²) in [5.74, 6) is 3.11. The topological polar surface area (TPSA) is 72.6 Å². The smallest absolute Gasteiger partial charge is 0.163 e. The van der Waals surface area contributed by atoms with Crippen LogP contribution < -0.4 is 18.9 Å². The van der Waals surface area contributed by atoms with Gasteiger partial charge in [0.1, 0.15) is 0 Å². The summed E-state index contributed by atoms with van der Waals surface area (Å²) in [6.07, 6.45) is 12.2. The molecule has 0 N–H and O–H groups in total. The van der Waals surface area contributed by atoms with Gasteiger partial charge in [-0.05, 0) is 36.8 Å². The first kappa shape index (κ1) is 33.2. The van der Waals surface area contributed by atoms with Gasteiger partial charge in [-0.3, -0.25) is 0 Å². The molecule has 2 aromatic heterocycles. The molecule has 0 unspecified atom stereocenters. The maximum atomic E-state index is 6.21. The second-order valence-corrected chi connectivity index (χ2v) is 11.9. The standard InChI is InChI=1S/C38H50N4O4/c1-5-9-17-43-35-21-31-33(23-37(35)45-19-11-7-3)41(27-39-31)25-29-15-13-14-16-30(29)26-42-28-40-32-22-36(44-18-10-6-2)38(24-34(32)42)46-20-12-8-4/h13-16,21-24,27-28H,5-12,17-20,25-26H2,1-4H3. The zero-order chi connectivity index (χ0) is 32.1. The number of rotatable bonds is 20. The summed E-state index contributed by atoms with van der Waals surface area (Å²) in [6, 6.07) is 16.8. The third-order valence-corrected chi connectivity index (χ3v) is 8.19. The van der Waals surface area contributed by atoms with Gasteiger partial charge in [-0.1, -0.05) is 77.6 Å². The third kappa shape index (κ3) is 8.33. The van der Waals surface area contributed by atoms with Gasteiger partial charge in [-0.2, -0.15) is 0 Å². The second-order valence-electron chi connectivity index (χ2n) is 11.9.